The second-order valence-corrected chi connectivity index (χ2v) is 11.6. The Morgan fingerprint density at radius 3 is 2.12 bits per heavy atom. The molecular weight excluding hydrogens is 470 g/mol. The molecule has 3 aromatic carbocycles. The second-order valence-electron chi connectivity index (χ2n) is 7.56. The van der Waals surface area contributed by atoms with E-state index in [2.05, 4.69) is 4.72 Å². The summed E-state index contributed by atoms with van der Waals surface area (Å²) in [5.41, 5.74) is 0.812. The highest BCUT2D eigenvalue weighted by Crippen LogP contribution is 2.22. The molecule has 0 heterocycles. The highest BCUT2D eigenvalue weighted by Gasteiger charge is 2.17. The topological polar surface area (TPSA) is 83.6 Å². The number of sulfonamides is 1. The molecule has 0 radical (unpaired) electrons. The van der Waals surface area contributed by atoms with E-state index in [1.807, 2.05) is 0 Å². The Kier molecular flexibility index (Phi) is 7.83. The Bertz CT molecular complexity index is 1320. The minimum absolute atomic E-state index is 0.0343. The van der Waals surface area contributed by atoms with E-state index in [9.17, 15) is 25.6 Å². The molecule has 0 fully saturated rings. The van der Waals surface area contributed by atoms with Crippen LogP contribution in [0.2, 0.25) is 0 Å². The molecule has 0 spiro atoms. The molecule has 6 nitrogen and oxygen atoms in total. The van der Waals surface area contributed by atoms with Crippen LogP contribution in [0.1, 0.15) is 11.1 Å². The van der Waals surface area contributed by atoms with Crippen LogP contribution in [-0.4, -0.2) is 35.4 Å². The minimum Gasteiger partial charge on any atom is -0.366 e. The Morgan fingerprint density at radius 1 is 0.818 bits per heavy atom. The molecule has 0 atom stereocenters. The highest BCUT2D eigenvalue weighted by atomic mass is 32.2. The van der Waals surface area contributed by atoms with Gasteiger partial charge < -0.3 is 4.90 Å². The van der Waals surface area contributed by atoms with Gasteiger partial charge in [-0.2, -0.15) is 0 Å². The minimum atomic E-state index is -3.81. The van der Waals surface area contributed by atoms with Gasteiger partial charge >= 0.3 is 0 Å². The summed E-state index contributed by atoms with van der Waals surface area (Å²) in [6, 6.07) is 18.0. The fourth-order valence-corrected chi connectivity index (χ4v) is 4.72. The summed E-state index contributed by atoms with van der Waals surface area (Å²) < 4.78 is 79.4. The molecule has 3 rings (SSSR count). The number of halogens is 2. The molecule has 0 aliphatic carbocycles. The molecule has 0 saturated carbocycles. The molecule has 10 heteroatoms. The lowest BCUT2D eigenvalue weighted by Crippen LogP contribution is -2.29. The average molecular weight is 495 g/mol. The van der Waals surface area contributed by atoms with Gasteiger partial charge in [-0.25, -0.2) is 30.3 Å². The van der Waals surface area contributed by atoms with E-state index >= 15 is 0 Å². The van der Waals surface area contributed by atoms with Gasteiger partial charge in [-0.3, -0.25) is 0 Å². The second kappa shape index (κ2) is 10.4. The van der Waals surface area contributed by atoms with Gasteiger partial charge in [-0.05, 0) is 30.3 Å². The SMILES string of the molecule is CS(=O)(=O)CCN(Cc1ccccc1F)c1ccc(CNS(=O)(=O)c2ccccc2)c(F)c1. The third-order valence-corrected chi connectivity index (χ3v) is 7.30. The van der Waals surface area contributed by atoms with Gasteiger partial charge in [0, 0.05) is 42.7 Å². The molecule has 1 N–H and O–H groups in total. The zero-order valence-corrected chi connectivity index (χ0v) is 19.5. The largest absolute Gasteiger partial charge is 0.366 e. The number of rotatable bonds is 10. The van der Waals surface area contributed by atoms with Crippen LogP contribution in [0.25, 0.3) is 0 Å². The maximum Gasteiger partial charge on any atom is 0.240 e. The van der Waals surface area contributed by atoms with Crippen LogP contribution in [0.15, 0.2) is 77.7 Å². The highest BCUT2D eigenvalue weighted by molar-refractivity contribution is 7.90. The Hall–Kier alpha value is -2.82. The summed E-state index contributed by atoms with van der Waals surface area (Å²) in [6.07, 6.45) is 1.09. The first-order valence-corrected chi connectivity index (χ1v) is 13.6. The first-order chi connectivity index (χ1) is 15.5. The van der Waals surface area contributed by atoms with Crippen LogP contribution in [0.3, 0.4) is 0 Å². The van der Waals surface area contributed by atoms with E-state index in [1.165, 1.54) is 30.3 Å². The normalized spacial score (nSPS) is 12.0. The Morgan fingerprint density at radius 2 is 1.48 bits per heavy atom. The lowest BCUT2D eigenvalue weighted by atomic mass is 10.1. The van der Waals surface area contributed by atoms with Crippen LogP contribution in [0.4, 0.5) is 14.5 Å². The molecular formula is C23H24F2N2O4S2. The molecule has 0 saturated heterocycles. The van der Waals surface area contributed by atoms with Crippen molar-refractivity contribution in [1.29, 1.82) is 0 Å². The van der Waals surface area contributed by atoms with Gasteiger partial charge in [0.05, 0.1) is 10.6 Å². The summed E-state index contributed by atoms with van der Waals surface area (Å²) in [4.78, 5) is 1.64. The van der Waals surface area contributed by atoms with Crippen molar-refractivity contribution in [2.45, 2.75) is 18.0 Å². The average Bonchev–Trinajstić information content (AvgIpc) is 2.77. The summed E-state index contributed by atoms with van der Waals surface area (Å²) in [6.45, 7) is -0.186. The maximum atomic E-state index is 14.8. The zero-order valence-electron chi connectivity index (χ0n) is 17.9. The van der Waals surface area contributed by atoms with Crippen molar-refractivity contribution in [2.24, 2.45) is 0 Å². The summed E-state index contributed by atoms with van der Waals surface area (Å²) >= 11 is 0. The van der Waals surface area contributed by atoms with Crippen LogP contribution < -0.4 is 9.62 Å². The molecule has 0 bridgehead atoms. The number of hydrogen-bond donors (Lipinski definition) is 1. The lowest BCUT2D eigenvalue weighted by Gasteiger charge is -2.25. The van der Waals surface area contributed by atoms with E-state index < -0.39 is 31.5 Å². The van der Waals surface area contributed by atoms with Gasteiger partial charge in [-0.15, -0.1) is 0 Å². The Labute approximate surface area is 192 Å². The van der Waals surface area contributed by atoms with E-state index in [0.29, 0.717) is 11.3 Å². The molecule has 0 unspecified atom stereocenters. The van der Waals surface area contributed by atoms with Crippen molar-refractivity contribution >= 4 is 25.5 Å². The van der Waals surface area contributed by atoms with Crippen molar-refractivity contribution in [3.05, 3.63) is 95.6 Å². The number of sulfone groups is 1. The zero-order chi connectivity index (χ0) is 24.1. The molecule has 176 valence electrons. The van der Waals surface area contributed by atoms with Crippen molar-refractivity contribution in [3.8, 4) is 0 Å². The summed E-state index contributed by atoms with van der Waals surface area (Å²) in [5.74, 6) is -1.31. The third kappa shape index (κ3) is 7.08. The number of nitrogens with zero attached hydrogens (tertiary/aromatic N) is 1. The third-order valence-electron chi connectivity index (χ3n) is 4.96. The molecule has 3 aromatic rings. The predicted octanol–water partition coefficient (Wildman–Crippen LogP) is 3.49. The van der Waals surface area contributed by atoms with E-state index in [0.717, 1.165) is 6.26 Å². The van der Waals surface area contributed by atoms with Crippen LogP contribution >= 0.6 is 0 Å². The van der Waals surface area contributed by atoms with Crippen LogP contribution in [-0.2, 0) is 33.0 Å². The fourth-order valence-electron chi connectivity index (χ4n) is 3.14. The molecule has 0 amide bonds. The molecule has 0 aliphatic rings. The number of anilines is 1. The van der Waals surface area contributed by atoms with Gasteiger partial charge in [0.25, 0.3) is 0 Å². The first-order valence-electron chi connectivity index (χ1n) is 10.0. The van der Waals surface area contributed by atoms with Crippen molar-refractivity contribution in [3.63, 3.8) is 0 Å². The number of hydrogen-bond acceptors (Lipinski definition) is 5. The van der Waals surface area contributed by atoms with E-state index in [-0.39, 0.29) is 35.8 Å². The van der Waals surface area contributed by atoms with Gasteiger partial charge in [0.1, 0.15) is 21.5 Å². The van der Waals surface area contributed by atoms with Crippen LogP contribution in [0, 0.1) is 11.6 Å². The molecule has 33 heavy (non-hydrogen) atoms. The first kappa shape index (κ1) is 24.8. The predicted molar refractivity (Wildman–Crippen MR) is 124 cm³/mol. The van der Waals surface area contributed by atoms with Crippen molar-refractivity contribution in [1.82, 2.24) is 4.72 Å². The van der Waals surface area contributed by atoms with E-state index in [4.69, 9.17) is 0 Å². The van der Waals surface area contributed by atoms with Crippen LogP contribution in [0.5, 0.6) is 0 Å². The molecule has 0 aromatic heterocycles. The maximum absolute atomic E-state index is 14.8. The monoisotopic (exact) mass is 494 g/mol. The fraction of sp³-hybridized carbons (Fsp3) is 0.217. The number of nitrogens with one attached hydrogen (secondary N) is 1. The quantitative estimate of drug-likeness (QED) is 0.467. The van der Waals surface area contributed by atoms with Crippen molar-refractivity contribution < 1.29 is 25.6 Å². The van der Waals surface area contributed by atoms with Crippen molar-refractivity contribution in [2.75, 3.05) is 23.5 Å². The lowest BCUT2D eigenvalue weighted by molar-refractivity contribution is 0.574. The van der Waals surface area contributed by atoms with Gasteiger partial charge in [-0.1, -0.05) is 42.5 Å². The van der Waals surface area contributed by atoms with Gasteiger partial charge in [0.2, 0.25) is 10.0 Å². The standard InChI is InChI=1S/C23H24F2N2O4S2/c1-32(28,29)14-13-27(17-19-7-5-6-10-22(19)24)20-12-11-18(23(25)15-20)16-26-33(30,31)21-8-3-2-4-9-21/h2-12,15,26H,13-14,16-17H2,1H3. The smallest absolute Gasteiger partial charge is 0.240 e. The number of benzene rings is 3. The summed E-state index contributed by atoms with van der Waals surface area (Å²) in [5, 5.41) is 0. The van der Waals surface area contributed by atoms with E-state index in [1.54, 1.807) is 47.4 Å². The van der Waals surface area contributed by atoms with Gasteiger partial charge in [0.15, 0.2) is 0 Å². The molecule has 0 aliphatic heterocycles. The summed E-state index contributed by atoms with van der Waals surface area (Å²) in [7, 11) is -7.11. The Balaban J connectivity index is 1.80.